The molecule has 1 aromatic rings. The van der Waals surface area contributed by atoms with Crippen LogP contribution in [0.25, 0.3) is 0 Å². The molecule has 0 aliphatic carbocycles. The summed E-state index contributed by atoms with van der Waals surface area (Å²) in [5.41, 5.74) is 1.21. The summed E-state index contributed by atoms with van der Waals surface area (Å²) in [5, 5.41) is 12.4. The first-order chi connectivity index (χ1) is 9.02. The molecule has 3 nitrogen and oxygen atoms in total. The van der Waals surface area contributed by atoms with Gasteiger partial charge in [-0.2, -0.15) is 0 Å². The van der Waals surface area contributed by atoms with Gasteiger partial charge in [-0.15, -0.1) is 0 Å². The quantitative estimate of drug-likeness (QED) is 0.758. The van der Waals surface area contributed by atoms with Gasteiger partial charge in [0.1, 0.15) is 5.75 Å². The van der Waals surface area contributed by atoms with Gasteiger partial charge in [-0.3, -0.25) is 0 Å². The Kier molecular flexibility index (Phi) is 6.89. The number of nitrogens with one attached hydrogen (secondary N) is 1. The van der Waals surface area contributed by atoms with Crippen LogP contribution in [0.5, 0.6) is 5.75 Å². The van der Waals surface area contributed by atoms with Gasteiger partial charge in [0, 0.05) is 12.1 Å². The van der Waals surface area contributed by atoms with E-state index in [0.717, 1.165) is 18.8 Å². The largest absolute Gasteiger partial charge is 0.494 e. The van der Waals surface area contributed by atoms with E-state index in [1.54, 1.807) is 0 Å². The predicted molar refractivity (Wildman–Crippen MR) is 79.5 cm³/mol. The van der Waals surface area contributed by atoms with E-state index in [2.05, 4.69) is 38.2 Å². The molecular weight excluding hydrogens is 238 g/mol. The minimum atomic E-state index is 0.108. The van der Waals surface area contributed by atoms with E-state index in [1.165, 1.54) is 5.56 Å². The molecule has 0 heterocycles. The van der Waals surface area contributed by atoms with Gasteiger partial charge < -0.3 is 15.2 Å². The lowest BCUT2D eigenvalue weighted by molar-refractivity contribution is 0.243. The minimum absolute atomic E-state index is 0.108. The highest BCUT2D eigenvalue weighted by atomic mass is 16.5. The van der Waals surface area contributed by atoms with Crippen molar-refractivity contribution in [2.24, 2.45) is 5.92 Å². The number of hydrogen-bond acceptors (Lipinski definition) is 3. The van der Waals surface area contributed by atoms with Crippen molar-refractivity contribution in [3.05, 3.63) is 29.8 Å². The molecule has 1 rings (SSSR count). The van der Waals surface area contributed by atoms with E-state index < -0.39 is 0 Å². The van der Waals surface area contributed by atoms with E-state index in [1.807, 2.05) is 19.1 Å². The van der Waals surface area contributed by atoms with Crippen LogP contribution in [0.15, 0.2) is 24.3 Å². The second-order valence-corrected chi connectivity index (χ2v) is 5.57. The Labute approximate surface area is 117 Å². The first-order valence-corrected chi connectivity index (χ1v) is 7.12. The summed E-state index contributed by atoms with van der Waals surface area (Å²) in [7, 11) is 0. The fourth-order valence-electron chi connectivity index (χ4n) is 1.84. The van der Waals surface area contributed by atoms with Gasteiger partial charge in [0.25, 0.3) is 0 Å². The van der Waals surface area contributed by atoms with Crippen molar-refractivity contribution in [3.63, 3.8) is 0 Å². The molecule has 0 spiro atoms. The summed E-state index contributed by atoms with van der Waals surface area (Å²) in [6.45, 7) is 9.39. The van der Waals surface area contributed by atoms with E-state index in [9.17, 15) is 0 Å². The van der Waals surface area contributed by atoms with Crippen LogP contribution in [0, 0.1) is 5.92 Å². The van der Waals surface area contributed by atoms with Gasteiger partial charge >= 0.3 is 0 Å². The molecule has 1 unspecified atom stereocenters. The molecule has 1 aromatic carbocycles. The fraction of sp³-hybridized carbons (Fsp3) is 0.625. The van der Waals surface area contributed by atoms with Gasteiger partial charge in [0.15, 0.2) is 0 Å². The van der Waals surface area contributed by atoms with Crippen molar-refractivity contribution in [1.29, 1.82) is 0 Å². The van der Waals surface area contributed by atoms with Crippen molar-refractivity contribution in [2.45, 2.75) is 46.2 Å². The third-order valence-corrected chi connectivity index (χ3v) is 3.15. The summed E-state index contributed by atoms with van der Waals surface area (Å²) in [5.74, 6) is 1.59. The first-order valence-electron chi connectivity index (χ1n) is 7.12. The van der Waals surface area contributed by atoms with Crippen molar-refractivity contribution < 1.29 is 9.84 Å². The van der Waals surface area contributed by atoms with Gasteiger partial charge in [-0.25, -0.2) is 0 Å². The van der Waals surface area contributed by atoms with Gasteiger partial charge in [-0.1, -0.05) is 26.0 Å². The molecule has 2 N–H and O–H groups in total. The molecule has 2 atom stereocenters. The van der Waals surface area contributed by atoms with Gasteiger partial charge in [-0.05, 0) is 43.9 Å². The lowest BCUT2D eigenvalue weighted by Gasteiger charge is -2.19. The second-order valence-electron chi connectivity index (χ2n) is 5.57. The number of rotatable bonds is 8. The average Bonchev–Trinajstić information content (AvgIpc) is 2.38. The van der Waals surface area contributed by atoms with E-state index in [-0.39, 0.29) is 18.7 Å². The minimum Gasteiger partial charge on any atom is -0.494 e. The molecule has 0 aromatic heterocycles. The monoisotopic (exact) mass is 265 g/mol. The number of ether oxygens (including phenoxy) is 1. The lowest BCUT2D eigenvalue weighted by Crippen LogP contribution is -2.31. The topological polar surface area (TPSA) is 41.5 Å². The maximum absolute atomic E-state index is 9.03. The highest BCUT2D eigenvalue weighted by Gasteiger charge is 2.08. The summed E-state index contributed by atoms with van der Waals surface area (Å²) in [6.07, 6.45) is 1.08. The van der Waals surface area contributed by atoms with Crippen LogP contribution >= 0.6 is 0 Å². The Morgan fingerprint density at radius 3 is 2.26 bits per heavy atom. The van der Waals surface area contributed by atoms with Crippen LogP contribution in [0.4, 0.5) is 0 Å². The Hall–Kier alpha value is -1.06. The number of hydrogen-bond donors (Lipinski definition) is 2. The summed E-state index contributed by atoms with van der Waals surface area (Å²) in [6, 6.07) is 8.51. The maximum Gasteiger partial charge on any atom is 0.119 e. The van der Waals surface area contributed by atoms with Crippen molar-refractivity contribution >= 4 is 0 Å². The Morgan fingerprint density at radius 1 is 1.11 bits per heavy atom. The molecule has 108 valence electrons. The zero-order valence-electron chi connectivity index (χ0n) is 12.5. The molecule has 0 aliphatic rings. The molecular formula is C16H27NO2. The SMILES string of the molecule is CC(C)CCOc1ccc(C(C)N[C@H](C)CO)cc1. The number of aliphatic hydroxyl groups is 1. The Morgan fingerprint density at radius 2 is 1.74 bits per heavy atom. The average molecular weight is 265 g/mol. The van der Waals surface area contributed by atoms with Crippen LogP contribution in [-0.2, 0) is 0 Å². The molecule has 0 amide bonds. The highest BCUT2D eigenvalue weighted by molar-refractivity contribution is 5.29. The highest BCUT2D eigenvalue weighted by Crippen LogP contribution is 2.18. The van der Waals surface area contributed by atoms with E-state index >= 15 is 0 Å². The fourth-order valence-corrected chi connectivity index (χ4v) is 1.84. The van der Waals surface area contributed by atoms with Crippen LogP contribution in [0.1, 0.15) is 45.7 Å². The van der Waals surface area contributed by atoms with Crippen LogP contribution in [0.3, 0.4) is 0 Å². The normalized spacial score (nSPS) is 14.4. The second kappa shape index (κ2) is 8.18. The smallest absolute Gasteiger partial charge is 0.119 e. The predicted octanol–water partition coefficient (Wildman–Crippen LogP) is 3.14. The van der Waals surface area contributed by atoms with Gasteiger partial charge in [0.2, 0.25) is 0 Å². The molecule has 19 heavy (non-hydrogen) atoms. The summed E-state index contributed by atoms with van der Waals surface area (Å²) < 4.78 is 5.69. The molecule has 0 aliphatic heterocycles. The molecule has 0 bridgehead atoms. The Bertz CT molecular complexity index is 348. The maximum atomic E-state index is 9.03. The standard InChI is InChI=1S/C16H27NO2/c1-12(2)9-10-19-16-7-5-15(6-8-16)14(4)17-13(3)11-18/h5-8,12-14,17-18H,9-11H2,1-4H3/t13-,14?/m1/s1. The molecule has 0 fully saturated rings. The lowest BCUT2D eigenvalue weighted by atomic mass is 10.1. The van der Waals surface area contributed by atoms with Crippen LogP contribution in [-0.4, -0.2) is 24.4 Å². The first kappa shape index (κ1) is 16.0. The number of benzene rings is 1. The zero-order chi connectivity index (χ0) is 14.3. The van der Waals surface area contributed by atoms with Crippen molar-refractivity contribution in [2.75, 3.05) is 13.2 Å². The zero-order valence-corrected chi connectivity index (χ0v) is 12.5. The van der Waals surface area contributed by atoms with Crippen molar-refractivity contribution in [3.8, 4) is 5.75 Å². The van der Waals surface area contributed by atoms with Crippen molar-refractivity contribution in [1.82, 2.24) is 5.32 Å². The van der Waals surface area contributed by atoms with E-state index in [4.69, 9.17) is 9.84 Å². The third-order valence-electron chi connectivity index (χ3n) is 3.15. The Balaban J connectivity index is 2.46. The van der Waals surface area contributed by atoms with E-state index in [0.29, 0.717) is 5.92 Å². The van der Waals surface area contributed by atoms with Crippen LogP contribution < -0.4 is 10.1 Å². The molecule has 0 saturated carbocycles. The summed E-state index contributed by atoms with van der Waals surface area (Å²) in [4.78, 5) is 0. The van der Waals surface area contributed by atoms with Crippen LogP contribution in [0.2, 0.25) is 0 Å². The molecule has 0 radical (unpaired) electrons. The summed E-state index contributed by atoms with van der Waals surface area (Å²) >= 11 is 0. The molecule has 0 saturated heterocycles. The van der Waals surface area contributed by atoms with Gasteiger partial charge in [0.05, 0.1) is 13.2 Å². The third kappa shape index (κ3) is 6.08. The number of aliphatic hydroxyl groups excluding tert-OH is 1. The molecule has 3 heteroatoms.